The van der Waals surface area contributed by atoms with E-state index in [1.807, 2.05) is 79.8 Å². The number of rotatable bonds is 3. The van der Waals surface area contributed by atoms with Crippen molar-refractivity contribution in [3.8, 4) is 5.75 Å². The van der Waals surface area contributed by atoms with Crippen LogP contribution in [0.1, 0.15) is 35.7 Å². The quantitative estimate of drug-likeness (QED) is 0.0953. The molecule has 0 spiro atoms. The molecule has 0 aliphatic heterocycles. The summed E-state index contributed by atoms with van der Waals surface area (Å²) in [5.74, 6) is 0.575. The maximum Gasteiger partial charge on any atom is 0.485 e. The number of aryl methyl sites for hydroxylation is 1. The largest absolute Gasteiger partial charge is 0.741 e. The summed E-state index contributed by atoms with van der Waals surface area (Å²) < 4.78 is 66.9. The maximum atomic E-state index is 13.3. The number of alkyl halides is 3. The Labute approximate surface area is 200 Å². The van der Waals surface area contributed by atoms with Gasteiger partial charge in [-0.05, 0) is 29.7 Å². The predicted molar refractivity (Wildman–Crippen MR) is 124 cm³/mol. The van der Waals surface area contributed by atoms with E-state index in [4.69, 9.17) is 17.7 Å². The van der Waals surface area contributed by atoms with Crippen molar-refractivity contribution in [3.05, 3.63) is 83.9 Å². The van der Waals surface area contributed by atoms with Gasteiger partial charge in [0.05, 0.1) is 16.3 Å². The zero-order valence-corrected chi connectivity index (χ0v) is 19.9. The minimum absolute atomic E-state index is 0.274. The molecular formula is C25H22F3NO5S. The molecule has 35 heavy (non-hydrogen) atoms. The number of hydrogen-bond acceptors (Lipinski definition) is 5. The van der Waals surface area contributed by atoms with Crippen molar-refractivity contribution in [3.63, 3.8) is 0 Å². The van der Waals surface area contributed by atoms with Gasteiger partial charge in [0.2, 0.25) is 11.0 Å². The Morgan fingerprint density at radius 3 is 1.77 bits per heavy atom. The van der Waals surface area contributed by atoms with Crippen molar-refractivity contribution in [2.24, 2.45) is 7.05 Å². The van der Waals surface area contributed by atoms with E-state index in [9.17, 15) is 18.0 Å². The Bertz CT molecular complexity index is 1440. The van der Waals surface area contributed by atoms with Gasteiger partial charge in [0.25, 0.3) is 0 Å². The lowest BCUT2D eigenvalue weighted by molar-refractivity contribution is -0.617. The number of hydrogen-bond donors (Lipinski definition) is 0. The van der Waals surface area contributed by atoms with Crippen molar-refractivity contribution < 1.29 is 40.2 Å². The summed E-state index contributed by atoms with van der Waals surface area (Å²) in [7, 11) is -4.07. The highest BCUT2D eigenvalue weighted by molar-refractivity contribution is 7.86. The van der Waals surface area contributed by atoms with E-state index >= 15 is 0 Å². The summed E-state index contributed by atoms with van der Waals surface area (Å²) in [6.45, 7) is 4.19. The lowest BCUT2D eigenvalue weighted by Gasteiger charge is -2.14. The van der Waals surface area contributed by atoms with E-state index in [0.717, 1.165) is 27.4 Å². The lowest BCUT2D eigenvalue weighted by atomic mass is 10.0. The van der Waals surface area contributed by atoms with Crippen molar-refractivity contribution in [1.29, 1.82) is 0 Å². The molecule has 3 aromatic carbocycles. The first-order chi connectivity index (χ1) is 16.3. The number of benzene rings is 3. The molecule has 0 aliphatic rings. The second-order valence-corrected chi connectivity index (χ2v) is 9.32. The number of carbonyl (C=O) groups excluding carboxylic acids is 1. The topological polar surface area (TPSA) is 87.4 Å². The minimum atomic E-state index is -6.09. The average Bonchev–Trinajstić information content (AvgIpc) is 2.79. The average molecular weight is 506 g/mol. The lowest BCUT2D eigenvalue weighted by Crippen LogP contribution is -2.31. The van der Waals surface area contributed by atoms with E-state index in [-0.39, 0.29) is 11.9 Å². The second-order valence-electron chi connectivity index (χ2n) is 7.95. The Morgan fingerprint density at radius 1 is 0.886 bits per heavy atom. The zero-order valence-electron chi connectivity index (χ0n) is 19.0. The molecule has 184 valence electrons. The molecule has 0 atom stereocenters. The molecule has 1 aromatic heterocycles. The molecule has 6 nitrogen and oxygen atoms in total. The molecule has 1 heterocycles. The Balaban J connectivity index is 0.000000371. The van der Waals surface area contributed by atoms with Gasteiger partial charge in [-0.3, -0.25) is 0 Å². The van der Waals surface area contributed by atoms with Crippen LogP contribution in [0.15, 0.2) is 72.8 Å². The van der Waals surface area contributed by atoms with Crippen LogP contribution in [0.4, 0.5) is 13.2 Å². The number of fused-ring (bicyclic) bond motifs is 2. The highest BCUT2D eigenvalue weighted by Gasteiger charge is 2.37. The molecule has 0 N–H and O–H groups in total. The smallest absolute Gasteiger partial charge is 0.485 e. The fourth-order valence-electron chi connectivity index (χ4n) is 3.65. The van der Waals surface area contributed by atoms with E-state index < -0.39 is 15.6 Å². The molecule has 0 unspecified atom stereocenters. The summed E-state index contributed by atoms with van der Waals surface area (Å²) in [4.78, 5) is 13.3. The second kappa shape index (κ2) is 10.0. The number of nitrogens with zero attached hydrogens (tertiary/aromatic N) is 1. The molecule has 10 heteroatoms. The van der Waals surface area contributed by atoms with Gasteiger partial charge in [-0.25, -0.2) is 13.2 Å². The molecular weight excluding hydrogens is 483 g/mol. The Morgan fingerprint density at radius 2 is 1.31 bits per heavy atom. The van der Waals surface area contributed by atoms with Gasteiger partial charge in [-0.2, -0.15) is 17.7 Å². The molecule has 0 saturated heterocycles. The number of halogens is 3. The molecule has 0 amide bonds. The third-order valence-corrected chi connectivity index (χ3v) is 5.87. The van der Waals surface area contributed by atoms with E-state index in [1.165, 1.54) is 0 Å². The number of aromatic nitrogens is 1. The summed E-state index contributed by atoms with van der Waals surface area (Å²) in [5, 5.41) is 1.79. The first kappa shape index (κ1) is 26.1. The fraction of sp³-hybridized carbons (Fsp3) is 0.200. The molecule has 4 rings (SSSR count). The molecule has 0 aliphatic carbocycles. The van der Waals surface area contributed by atoms with Crippen molar-refractivity contribution in [2.75, 3.05) is 0 Å². The van der Waals surface area contributed by atoms with E-state index in [0.29, 0.717) is 11.3 Å². The minimum Gasteiger partial charge on any atom is -0.741 e. The number of ether oxygens (including phenoxy) is 1. The number of carbonyl (C=O) groups is 1. The van der Waals surface area contributed by atoms with Gasteiger partial charge in [-0.15, -0.1) is 0 Å². The third kappa shape index (κ3) is 5.60. The van der Waals surface area contributed by atoms with Crippen LogP contribution in [0.5, 0.6) is 5.75 Å². The number of para-hydroxylation sites is 3. The Kier molecular flexibility index (Phi) is 7.47. The van der Waals surface area contributed by atoms with Gasteiger partial charge >= 0.3 is 11.5 Å². The molecule has 4 aromatic rings. The zero-order chi connectivity index (χ0) is 26.0. The standard InChI is InChI=1S/C24H22NO2.CHF3O3S/c1-16(2)17-10-6-9-15-22(17)27-24(26)23-18-11-4-7-13-20(18)25(3)21-14-8-5-12-19(21)23;2-1(3,4)8(5,6)7/h4-16H,1-3H3;(H,5,6,7)/q+1;/p-1. The molecule has 0 saturated carbocycles. The van der Waals surface area contributed by atoms with E-state index in [1.54, 1.807) is 0 Å². The summed E-state index contributed by atoms with van der Waals surface area (Å²) in [5.41, 5.74) is -2.01. The summed E-state index contributed by atoms with van der Waals surface area (Å²) in [6.07, 6.45) is 0. The van der Waals surface area contributed by atoms with E-state index in [2.05, 4.69) is 18.4 Å². The number of esters is 1. The van der Waals surface area contributed by atoms with Crippen molar-refractivity contribution in [2.45, 2.75) is 25.3 Å². The SMILES string of the molecule is CC(C)c1ccccc1OC(=O)c1c2ccccc2[n+](C)c2ccccc12.O=S(=O)([O-])C(F)(F)F. The molecule has 0 bridgehead atoms. The van der Waals surface area contributed by atoms with Gasteiger partial charge < -0.3 is 9.29 Å². The first-order valence-corrected chi connectivity index (χ1v) is 11.9. The predicted octanol–water partition coefficient (Wildman–Crippen LogP) is 5.21. The first-order valence-electron chi connectivity index (χ1n) is 10.5. The molecule has 0 radical (unpaired) electrons. The number of pyridine rings is 1. The molecule has 0 fully saturated rings. The van der Waals surface area contributed by atoms with Crippen molar-refractivity contribution in [1.82, 2.24) is 0 Å². The van der Waals surface area contributed by atoms with Gasteiger partial charge in [-0.1, -0.05) is 56.3 Å². The van der Waals surface area contributed by atoms with Crippen LogP contribution in [0.2, 0.25) is 0 Å². The van der Waals surface area contributed by atoms with Crippen LogP contribution in [0.3, 0.4) is 0 Å². The Hall–Kier alpha value is -3.50. The summed E-state index contributed by atoms with van der Waals surface area (Å²) in [6, 6.07) is 23.6. The van der Waals surface area contributed by atoms with Crippen LogP contribution in [0, 0.1) is 0 Å². The van der Waals surface area contributed by atoms with Gasteiger partial charge in [0.15, 0.2) is 10.1 Å². The van der Waals surface area contributed by atoms with Crippen LogP contribution in [-0.2, 0) is 17.2 Å². The van der Waals surface area contributed by atoms with Gasteiger partial charge in [0.1, 0.15) is 12.8 Å². The third-order valence-electron chi connectivity index (χ3n) is 5.30. The maximum absolute atomic E-state index is 13.3. The normalized spacial score (nSPS) is 11.9. The van der Waals surface area contributed by atoms with Crippen LogP contribution < -0.4 is 9.30 Å². The highest BCUT2D eigenvalue weighted by atomic mass is 32.2. The highest BCUT2D eigenvalue weighted by Crippen LogP contribution is 2.30. The fourth-order valence-corrected chi connectivity index (χ4v) is 3.65. The van der Waals surface area contributed by atoms with Crippen LogP contribution in [-0.4, -0.2) is 24.4 Å². The van der Waals surface area contributed by atoms with Gasteiger partial charge in [0, 0.05) is 12.1 Å². The monoisotopic (exact) mass is 505 g/mol. The van der Waals surface area contributed by atoms with Crippen LogP contribution >= 0.6 is 0 Å². The van der Waals surface area contributed by atoms with Crippen molar-refractivity contribution >= 4 is 37.9 Å². The summed E-state index contributed by atoms with van der Waals surface area (Å²) >= 11 is 0. The van der Waals surface area contributed by atoms with Crippen LogP contribution in [0.25, 0.3) is 21.8 Å².